The summed E-state index contributed by atoms with van der Waals surface area (Å²) >= 11 is 0. The van der Waals surface area contributed by atoms with Crippen LogP contribution in [0.3, 0.4) is 0 Å². The summed E-state index contributed by atoms with van der Waals surface area (Å²) in [5, 5.41) is 6.94. The van der Waals surface area contributed by atoms with Crippen LogP contribution in [0.25, 0.3) is 0 Å². The number of nitrogens with zero attached hydrogens (tertiary/aromatic N) is 3. The van der Waals surface area contributed by atoms with Crippen LogP contribution >= 0.6 is 0 Å². The second-order valence-electron chi connectivity index (χ2n) is 6.13. The monoisotopic (exact) mass is 314 g/mol. The third-order valence-corrected chi connectivity index (χ3v) is 4.27. The third kappa shape index (κ3) is 3.36. The van der Waals surface area contributed by atoms with Crippen molar-refractivity contribution >= 4 is 6.03 Å². The minimum absolute atomic E-state index is 0.0959. The highest BCUT2D eigenvalue weighted by molar-refractivity contribution is 5.76. The van der Waals surface area contributed by atoms with Crippen LogP contribution in [-0.4, -0.2) is 27.6 Å². The molecule has 1 aliphatic rings. The van der Waals surface area contributed by atoms with E-state index in [1.807, 2.05) is 6.92 Å². The fraction of sp³-hybridized carbons (Fsp3) is 0.471. The Balaban J connectivity index is 1.68. The van der Waals surface area contributed by atoms with E-state index in [4.69, 9.17) is 4.52 Å². The van der Waals surface area contributed by atoms with Gasteiger partial charge >= 0.3 is 6.03 Å². The van der Waals surface area contributed by atoms with E-state index in [0.29, 0.717) is 24.8 Å². The normalized spacial score (nSPS) is 15.3. The smallest absolute Gasteiger partial charge is 0.318 e. The molecule has 0 saturated heterocycles. The fourth-order valence-electron chi connectivity index (χ4n) is 2.66. The minimum atomic E-state index is -0.219. The highest BCUT2D eigenvalue weighted by Gasteiger charge is 2.46. The molecule has 1 saturated carbocycles. The number of rotatable bonds is 5. The van der Waals surface area contributed by atoms with E-state index in [9.17, 15) is 4.79 Å². The van der Waals surface area contributed by atoms with Crippen LogP contribution in [0.1, 0.15) is 42.6 Å². The lowest BCUT2D eigenvalue weighted by molar-refractivity contribution is 0.184. The predicted octanol–water partition coefficient (Wildman–Crippen LogP) is 2.91. The van der Waals surface area contributed by atoms with Gasteiger partial charge in [0.2, 0.25) is 5.89 Å². The molecule has 23 heavy (non-hydrogen) atoms. The quantitative estimate of drug-likeness (QED) is 0.921. The standard InChI is InChI=1S/C17H22N4O2/c1-4-21(11-15-18-13(3)20-23-15)16(22)19-17(9-10-17)14-7-5-12(2)6-8-14/h5-8H,4,9-11H2,1-3H3,(H,19,22). The Morgan fingerprint density at radius 2 is 2.00 bits per heavy atom. The Bertz CT molecular complexity index is 689. The molecule has 0 bridgehead atoms. The van der Waals surface area contributed by atoms with Gasteiger partial charge in [-0.25, -0.2) is 4.79 Å². The molecule has 0 aliphatic heterocycles. The summed E-state index contributed by atoms with van der Waals surface area (Å²) in [4.78, 5) is 18.4. The summed E-state index contributed by atoms with van der Waals surface area (Å²) in [6.07, 6.45) is 1.94. The molecule has 2 aromatic rings. The summed E-state index contributed by atoms with van der Waals surface area (Å²) in [5.74, 6) is 1.04. The molecule has 0 radical (unpaired) electrons. The van der Waals surface area contributed by atoms with Gasteiger partial charge in [-0.3, -0.25) is 0 Å². The molecular weight excluding hydrogens is 292 g/mol. The van der Waals surface area contributed by atoms with Crippen molar-refractivity contribution < 1.29 is 9.32 Å². The molecule has 6 heteroatoms. The topological polar surface area (TPSA) is 71.3 Å². The van der Waals surface area contributed by atoms with E-state index in [2.05, 4.69) is 46.6 Å². The molecule has 0 unspecified atom stereocenters. The first-order chi connectivity index (χ1) is 11.0. The summed E-state index contributed by atoms with van der Waals surface area (Å²) in [6.45, 7) is 6.67. The zero-order chi connectivity index (χ0) is 16.4. The summed E-state index contributed by atoms with van der Waals surface area (Å²) in [6, 6.07) is 8.27. The average Bonchev–Trinajstić information content (AvgIpc) is 3.19. The summed E-state index contributed by atoms with van der Waals surface area (Å²) in [5.41, 5.74) is 2.17. The minimum Gasteiger partial charge on any atom is -0.337 e. The Hall–Kier alpha value is -2.37. The Kier molecular flexibility index (Phi) is 4.07. The molecule has 1 fully saturated rings. The molecule has 122 valence electrons. The van der Waals surface area contributed by atoms with Gasteiger partial charge in [-0.1, -0.05) is 35.0 Å². The van der Waals surface area contributed by atoms with Crippen molar-refractivity contribution in [1.82, 2.24) is 20.4 Å². The molecule has 1 N–H and O–H groups in total. The van der Waals surface area contributed by atoms with Crippen LogP contribution in [0, 0.1) is 13.8 Å². The maximum absolute atomic E-state index is 12.6. The second-order valence-corrected chi connectivity index (χ2v) is 6.13. The van der Waals surface area contributed by atoms with Gasteiger partial charge in [-0.2, -0.15) is 4.98 Å². The lowest BCUT2D eigenvalue weighted by atomic mass is 10.0. The third-order valence-electron chi connectivity index (χ3n) is 4.27. The van der Waals surface area contributed by atoms with Crippen LogP contribution in [0.4, 0.5) is 4.79 Å². The molecule has 0 atom stereocenters. The first-order valence-corrected chi connectivity index (χ1v) is 7.96. The number of hydrogen-bond acceptors (Lipinski definition) is 4. The van der Waals surface area contributed by atoms with Crippen molar-refractivity contribution in [2.24, 2.45) is 0 Å². The van der Waals surface area contributed by atoms with Crippen LogP contribution in [-0.2, 0) is 12.1 Å². The van der Waals surface area contributed by atoms with Gasteiger partial charge in [0.15, 0.2) is 5.82 Å². The molecule has 1 aliphatic carbocycles. The van der Waals surface area contributed by atoms with E-state index >= 15 is 0 Å². The number of carbonyl (C=O) groups is 1. The number of nitrogens with one attached hydrogen (secondary N) is 1. The lowest BCUT2D eigenvalue weighted by Gasteiger charge is -2.25. The van der Waals surface area contributed by atoms with E-state index in [-0.39, 0.29) is 11.6 Å². The van der Waals surface area contributed by atoms with Crippen molar-refractivity contribution in [2.45, 2.75) is 45.7 Å². The number of aryl methyl sites for hydroxylation is 2. The van der Waals surface area contributed by atoms with Crippen molar-refractivity contribution in [3.63, 3.8) is 0 Å². The zero-order valence-corrected chi connectivity index (χ0v) is 13.8. The maximum Gasteiger partial charge on any atom is 0.318 e. The summed E-state index contributed by atoms with van der Waals surface area (Å²) in [7, 11) is 0. The molecular formula is C17H22N4O2. The van der Waals surface area contributed by atoms with Crippen molar-refractivity contribution in [2.75, 3.05) is 6.54 Å². The number of carbonyl (C=O) groups excluding carboxylic acids is 1. The highest BCUT2D eigenvalue weighted by atomic mass is 16.5. The average molecular weight is 314 g/mol. The van der Waals surface area contributed by atoms with Gasteiger partial charge in [-0.15, -0.1) is 0 Å². The summed E-state index contributed by atoms with van der Waals surface area (Å²) < 4.78 is 5.11. The van der Waals surface area contributed by atoms with Gasteiger partial charge in [0.25, 0.3) is 0 Å². The number of amides is 2. The molecule has 0 spiro atoms. The van der Waals surface area contributed by atoms with Gasteiger partial charge < -0.3 is 14.7 Å². The van der Waals surface area contributed by atoms with Gasteiger partial charge in [-0.05, 0) is 39.2 Å². The molecule has 1 aromatic heterocycles. The van der Waals surface area contributed by atoms with Crippen LogP contribution in [0.5, 0.6) is 0 Å². The first kappa shape index (κ1) is 15.5. The van der Waals surface area contributed by atoms with Gasteiger partial charge in [0.1, 0.15) is 6.54 Å². The van der Waals surface area contributed by atoms with Crippen LogP contribution in [0.15, 0.2) is 28.8 Å². The molecule has 6 nitrogen and oxygen atoms in total. The van der Waals surface area contributed by atoms with Crippen LogP contribution in [0.2, 0.25) is 0 Å². The first-order valence-electron chi connectivity index (χ1n) is 7.96. The number of urea groups is 1. The number of benzene rings is 1. The van der Waals surface area contributed by atoms with E-state index in [0.717, 1.165) is 12.8 Å². The van der Waals surface area contributed by atoms with E-state index in [1.165, 1.54) is 11.1 Å². The molecule has 1 aromatic carbocycles. The predicted molar refractivity (Wildman–Crippen MR) is 85.7 cm³/mol. The number of aromatic nitrogens is 2. The van der Waals surface area contributed by atoms with Crippen LogP contribution < -0.4 is 5.32 Å². The van der Waals surface area contributed by atoms with Crippen molar-refractivity contribution in [1.29, 1.82) is 0 Å². The highest BCUT2D eigenvalue weighted by Crippen LogP contribution is 2.45. The Labute approximate surface area is 135 Å². The maximum atomic E-state index is 12.6. The Morgan fingerprint density at radius 3 is 2.52 bits per heavy atom. The fourth-order valence-corrected chi connectivity index (χ4v) is 2.66. The number of hydrogen-bond donors (Lipinski definition) is 1. The van der Waals surface area contributed by atoms with E-state index < -0.39 is 0 Å². The molecule has 3 rings (SSSR count). The second kappa shape index (κ2) is 6.02. The van der Waals surface area contributed by atoms with Gasteiger partial charge in [0, 0.05) is 6.54 Å². The zero-order valence-electron chi connectivity index (χ0n) is 13.8. The molecule has 2 amide bonds. The van der Waals surface area contributed by atoms with Crippen molar-refractivity contribution in [3.05, 3.63) is 47.1 Å². The SMILES string of the molecule is CCN(Cc1nc(C)no1)C(=O)NC1(c2ccc(C)cc2)CC1. The van der Waals surface area contributed by atoms with E-state index in [1.54, 1.807) is 11.8 Å². The lowest BCUT2D eigenvalue weighted by Crippen LogP contribution is -2.44. The van der Waals surface area contributed by atoms with Crippen molar-refractivity contribution in [3.8, 4) is 0 Å². The van der Waals surface area contributed by atoms with Gasteiger partial charge in [0.05, 0.1) is 5.54 Å². The largest absolute Gasteiger partial charge is 0.337 e. The Morgan fingerprint density at radius 1 is 1.30 bits per heavy atom. The molecule has 1 heterocycles.